The summed E-state index contributed by atoms with van der Waals surface area (Å²) in [6.45, 7) is 6.81. The van der Waals surface area contributed by atoms with Crippen LogP contribution < -0.4 is 5.32 Å². The van der Waals surface area contributed by atoms with E-state index >= 15 is 0 Å². The zero-order valence-electron chi connectivity index (χ0n) is 11.4. The van der Waals surface area contributed by atoms with Crippen LogP contribution in [0, 0.1) is 5.92 Å². The lowest BCUT2D eigenvalue weighted by molar-refractivity contribution is -0.136. The van der Waals surface area contributed by atoms with Gasteiger partial charge in [-0.2, -0.15) is 0 Å². The van der Waals surface area contributed by atoms with Gasteiger partial charge in [0.1, 0.15) is 0 Å². The molecule has 0 saturated carbocycles. The van der Waals surface area contributed by atoms with E-state index in [2.05, 4.69) is 41.4 Å². The van der Waals surface area contributed by atoms with Crippen molar-refractivity contribution in [2.75, 3.05) is 13.7 Å². The van der Waals surface area contributed by atoms with Gasteiger partial charge in [-0.25, -0.2) is 4.79 Å². The molecule has 0 aliphatic carbocycles. The number of hydrogen-bond donors (Lipinski definition) is 1. The molecule has 0 radical (unpaired) electrons. The molecule has 0 bridgehead atoms. The highest BCUT2D eigenvalue weighted by Crippen LogP contribution is 2.25. The average molecular weight is 267 g/mol. The lowest BCUT2D eigenvalue weighted by Gasteiger charge is -2.20. The molecule has 1 aromatic rings. The van der Waals surface area contributed by atoms with E-state index in [4.69, 9.17) is 0 Å². The molecule has 0 amide bonds. The quantitative estimate of drug-likeness (QED) is 0.635. The van der Waals surface area contributed by atoms with Crippen molar-refractivity contribution in [3.8, 4) is 0 Å². The molecule has 4 heteroatoms. The maximum absolute atomic E-state index is 11.2. The van der Waals surface area contributed by atoms with Gasteiger partial charge in [0.05, 0.1) is 7.11 Å². The van der Waals surface area contributed by atoms with Crippen LogP contribution in [0.5, 0.6) is 0 Å². The Morgan fingerprint density at radius 3 is 2.78 bits per heavy atom. The van der Waals surface area contributed by atoms with Gasteiger partial charge in [0.15, 0.2) is 0 Å². The molecule has 1 aromatic heterocycles. The third kappa shape index (κ3) is 4.27. The van der Waals surface area contributed by atoms with Crippen LogP contribution in [0.2, 0.25) is 0 Å². The third-order valence-electron chi connectivity index (χ3n) is 2.77. The van der Waals surface area contributed by atoms with Crippen molar-refractivity contribution in [3.05, 3.63) is 34.0 Å². The fourth-order valence-corrected chi connectivity index (χ4v) is 2.69. The Labute approximate surface area is 113 Å². The van der Waals surface area contributed by atoms with Crippen LogP contribution in [0.15, 0.2) is 29.2 Å². The van der Waals surface area contributed by atoms with Gasteiger partial charge in [-0.05, 0) is 24.3 Å². The predicted octanol–water partition coefficient (Wildman–Crippen LogP) is 3.15. The Bertz CT molecular complexity index is 396. The minimum atomic E-state index is -0.269. The molecular formula is C14H21NO2S. The molecule has 100 valence electrons. The van der Waals surface area contributed by atoms with Gasteiger partial charge in [0, 0.05) is 23.0 Å². The van der Waals surface area contributed by atoms with Crippen LogP contribution in [0.4, 0.5) is 0 Å². The second kappa shape index (κ2) is 7.34. The molecule has 0 aliphatic rings. The van der Waals surface area contributed by atoms with E-state index in [1.165, 1.54) is 12.0 Å². The molecule has 18 heavy (non-hydrogen) atoms. The normalized spacial score (nSPS) is 13.7. The van der Waals surface area contributed by atoms with E-state index in [9.17, 15) is 4.79 Å². The van der Waals surface area contributed by atoms with Crippen LogP contribution in [-0.2, 0) is 9.53 Å². The molecule has 1 unspecified atom stereocenters. The summed E-state index contributed by atoms with van der Waals surface area (Å²) in [5.41, 5.74) is 0.638. The van der Waals surface area contributed by atoms with E-state index in [1.54, 1.807) is 18.3 Å². The van der Waals surface area contributed by atoms with E-state index in [-0.39, 0.29) is 5.97 Å². The Morgan fingerprint density at radius 2 is 2.28 bits per heavy atom. The maximum atomic E-state index is 11.2. The standard InChI is InChI=1S/C14H21NO2S/c1-10(2)13(12-6-5-9-18-12)15-8-7-11(3)14(16)17-4/h5-7,9-10,13,15H,8H2,1-4H3/b11-7+. The Hall–Kier alpha value is -1.13. The summed E-state index contributed by atoms with van der Waals surface area (Å²) in [6.07, 6.45) is 1.87. The summed E-state index contributed by atoms with van der Waals surface area (Å²) in [4.78, 5) is 12.6. The predicted molar refractivity (Wildman–Crippen MR) is 75.7 cm³/mol. The summed E-state index contributed by atoms with van der Waals surface area (Å²) in [5, 5.41) is 5.54. The Kier molecular flexibility index (Phi) is 6.09. The van der Waals surface area contributed by atoms with Crippen molar-refractivity contribution >= 4 is 17.3 Å². The molecule has 1 atom stereocenters. The average Bonchev–Trinajstić information content (AvgIpc) is 2.86. The lowest BCUT2D eigenvalue weighted by atomic mass is 10.0. The van der Waals surface area contributed by atoms with Gasteiger partial charge in [0.2, 0.25) is 0 Å². The molecular weight excluding hydrogens is 246 g/mol. The van der Waals surface area contributed by atoms with Gasteiger partial charge in [0.25, 0.3) is 0 Å². The van der Waals surface area contributed by atoms with Crippen molar-refractivity contribution < 1.29 is 9.53 Å². The first-order valence-electron chi connectivity index (χ1n) is 6.08. The number of carbonyl (C=O) groups excluding carboxylic acids is 1. The lowest BCUT2D eigenvalue weighted by Crippen LogP contribution is -2.25. The Balaban J connectivity index is 2.57. The van der Waals surface area contributed by atoms with E-state index in [1.807, 2.05) is 6.08 Å². The molecule has 3 nitrogen and oxygen atoms in total. The van der Waals surface area contributed by atoms with Gasteiger partial charge in [-0.1, -0.05) is 26.0 Å². The second-order valence-electron chi connectivity index (χ2n) is 4.52. The minimum absolute atomic E-state index is 0.269. The first-order valence-corrected chi connectivity index (χ1v) is 6.96. The van der Waals surface area contributed by atoms with E-state index in [0.717, 1.165) is 0 Å². The first-order chi connectivity index (χ1) is 8.56. The number of nitrogens with one attached hydrogen (secondary N) is 1. The van der Waals surface area contributed by atoms with Gasteiger partial charge < -0.3 is 10.1 Å². The van der Waals surface area contributed by atoms with Gasteiger partial charge in [-0.15, -0.1) is 11.3 Å². The third-order valence-corrected chi connectivity index (χ3v) is 3.73. The summed E-state index contributed by atoms with van der Waals surface area (Å²) in [5.74, 6) is 0.240. The first kappa shape index (κ1) is 14.9. The van der Waals surface area contributed by atoms with Crippen molar-refractivity contribution in [2.24, 2.45) is 5.92 Å². The fraction of sp³-hybridized carbons (Fsp3) is 0.500. The fourth-order valence-electron chi connectivity index (χ4n) is 1.72. The highest BCUT2D eigenvalue weighted by molar-refractivity contribution is 7.10. The highest BCUT2D eigenvalue weighted by atomic mass is 32.1. The van der Waals surface area contributed by atoms with Crippen molar-refractivity contribution in [1.29, 1.82) is 0 Å². The number of ether oxygens (including phenoxy) is 1. The second-order valence-corrected chi connectivity index (χ2v) is 5.50. The topological polar surface area (TPSA) is 38.3 Å². The van der Waals surface area contributed by atoms with Crippen LogP contribution in [-0.4, -0.2) is 19.6 Å². The van der Waals surface area contributed by atoms with Crippen LogP contribution in [0.3, 0.4) is 0 Å². The van der Waals surface area contributed by atoms with Gasteiger partial charge in [-0.3, -0.25) is 0 Å². The van der Waals surface area contributed by atoms with Crippen LogP contribution >= 0.6 is 11.3 Å². The Morgan fingerprint density at radius 1 is 1.56 bits per heavy atom. The molecule has 1 rings (SSSR count). The number of methoxy groups -OCH3 is 1. The summed E-state index contributed by atoms with van der Waals surface area (Å²) < 4.78 is 4.66. The molecule has 0 aromatic carbocycles. The number of thiophene rings is 1. The molecule has 0 aliphatic heterocycles. The van der Waals surface area contributed by atoms with Crippen LogP contribution in [0.1, 0.15) is 31.7 Å². The molecule has 0 fully saturated rings. The molecule has 0 spiro atoms. The summed E-state index contributed by atoms with van der Waals surface area (Å²) >= 11 is 1.75. The number of esters is 1. The molecule has 0 saturated heterocycles. The number of carbonyl (C=O) groups is 1. The summed E-state index contributed by atoms with van der Waals surface area (Å²) in [6, 6.07) is 4.53. The highest BCUT2D eigenvalue weighted by Gasteiger charge is 2.15. The van der Waals surface area contributed by atoms with Crippen LogP contribution in [0.25, 0.3) is 0 Å². The van der Waals surface area contributed by atoms with Crippen molar-refractivity contribution in [2.45, 2.75) is 26.8 Å². The van der Waals surface area contributed by atoms with Crippen molar-refractivity contribution in [3.63, 3.8) is 0 Å². The van der Waals surface area contributed by atoms with Gasteiger partial charge >= 0.3 is 5.97 Å². The number of hydrogen-bond acceptors (Lipinski definition) is 4. The number of rotatable bonds is 6. The van der Waals surface area contributed by atoms with Crippen molar-refractivity contribution in [1.82, 2.24) is 5.32 Å². The zero-order valence-corrected chi connectivity index (χ0v) is 12.2. The zero-order chi connectivity index (χ0) is 13.5. The molecule has 1 N–H and O–H groups in total. The smallest absolute Gasteiger partial charge is 0.333 e. The maximum Gasteiger partial charge on any atom is 0.333 e. The largest absolute Gasteiger partial charge is 0.466 e. The molecule has 1 heterocycles. The van der Waals surface area contributed by atoms with E-state index in [0.29, 0.717) is 24.1 Å². The SMILES string of the molecule is COC(=O)/C(C)=C/CNC(c1cccs1)C(C)C. The monoisotopic (exact) mass is 267 g/mol. The minimum Gasteiger partial charge on any atom is -0.466 e. The summed E-state index contributed by atoms with van der Waals surface area (Å²) in [7, 11) is 1.40. The van der Waals surface area contributed by atoms with E-state index < -0.39 is 0 Å².